The summed E-state index contributed by atoms with van der Waals surface area (Å²) >= 11 is 0. The number of aromatic nitrogens is 3. The lowest BCUT2D eigenvalue weighted by molar-refractivity contribution is -0.121. The number of benzene rings is 3. The number of fused-ring (bicyclic) bond motifs is 3. The van der Waals surface area contributed by atoms with E-state index >= 15 is 0 Å². The van der Waals surface area contributed by atoms with E-state index in [0.717, 1.165) is 33.3 Å². The third kappa shape index (κ3) is 4.60. The highest BCUT2D eigenvalue weighted by atomic mass is 16.5. The van der Waals surface area contributed by atoms with E-state index in [2.05, 4.69) is 10.3 Å². The zero-order chi connectivity index (χ0) is 25.2. The summed E-state index contributed by atoms with van der Waals surface area (Å²) in [4.78, 5) is 31.3. The molecule has 0 spiro atoms. The minimum absolute atomic E-state index is 0.0262. The molecule has 0 fully saturated rings. The Hall–Kier alpha value is -4.39. The Morgan fingerprint density at radius 3 is 2.36 bits per heavy atom. The summed E-state index contributed by atoms with van der Waals surface area (Å²) in [5.41, 5.74) is 5.87. The van der Waals surface area contributed by atoms with Gasteiger partial charge in [-0.05, 0) is 49.2 Å². The number of carbonyl (C=O) groups excluding carboxylic acids is 1. The number of aryl methyl sites for hydroxylation is 2. The van der Waals surface area contributed by atoms with Gasteiger partial charge in [0.15, 0.2) is 0 Å². The Labute approximate surface area is 209 Å². The van der Waals surface area contributed by atoms with E-state index < -0.39 is 0 Å². The van der Waals surface area contributed by atoms with Crippen molar-refractivity contribution in [2.45, 2.75) is 33.5 Å². The maximum atomic E-state index is 13.7. The quantitative estimate of drug-likeness (QED) is 0.376. The SMILES string of the molecule is COc1ccc(Cn2cnc3c4cc(C)ccc4n(CC(=O)NCc4ccc(C)cc4)c3c2=O)cc1. The number of amides is 1. The molecule has 5 aromatic rings. The van der Waals surface area contributed by atoms with Crippen LogP contribution in [0.1, 0.15) is 22.3 Å². The highest BCUT2D eigenvalue weighted by molar-refractivity contribution is 6.06. The summed E-state index contributed by atoms with van der Waals surface area (Å²) in [5, 5.41) is 3.85. The van der Waals surface area contributed by atoms with E-state index in [9.17, 15) is 9.59 Å². The summed E-state index contributed by atoms with van der Waals surface area (Å²) in [6, 6.07) is 21.6. The summed E-state index contributed by atoms with van der Waals surface area (Å²) in [6.45, 7) is 4.85. The van der Waals surface area contributed by atoms with Gasteiger partial charge in [0.1, 0.15) is 23.3 Å². The van der Waals surface area contributed by atoms with E-state index in [1.807, 2.05) is 80.6 Å². The molecule has 2 aromatic heterocycles. The molecule has 0 saturated carbocycles. The third-order valence-corrected chi connectivity index (χ3v) is 6.41. The normalized spacial score (nSPS) is 11.2. The van der Waals surface area contributed by atoms with Gasteiger partial charge < -0.3 is 14.6 Å². The summed E-state index contributed by atoms with van der Waals surface area (Å²) in [7, 11) is 1.62. The molecule has 0 bridgehead atoms. The van der Waals surface area contributed by atoms with Crippen LogP contribution in [0.5, 0.6) is 5.75 Å². The Morgan fingerprint density at radius 2 is 1.64 bits per heavy atom. The van der Waals surface area contributed by atoms with Crippen molar-refractivity contribution in [1.29, 1.82) is 0 Å². The first-order valence-electron chi connectivity index (χ1n) is 11.9. The number of nitrogens with zero attached hydrogens (tertiary/aromatic N) is 3. The molecule has 0 saturated heterocycles. The number of carbonyl (C=O) groups is 1. The van der Waals surface area contributed by atoms with Gasteiger partial charge in [0, 0.05) is 11.9 Å². The fraction of sp³-hybridized carbons (Fsp3) is 0.207. The first kappa shape index (κ1) is 23.4. The molecule has 0 aliphatic heterocycles. The number of methoxy groups -OCH3 is 1. The topological polar surface area (TPSA) is 78.2 Å². The molecule has 1 amide bonds. The predicted octanol–water partition coefficient (Wildman–Crippen LogP) is 4.34. The summed E-state index contributed by atoms with van der Waals surface area (Å²) in [6.07, 6.45) is 1.58. The molecule has 2 heterocycles. The third-order valence-electron chi connectivity index (χ3n) is 6.41. The predicted molar refractivity (Wildman–Crippen MR) is 141 cm³/mol. The molecular weight excluding hydrogens is 452 g/mol. The van der Waals surface area contributed by atoms with E-state index in [4.69, 9.17) is 4.74 Å². The molecular formula is C29H28N4O3. The zero-order valence-electron chi connectivity index (χ0n) is 20.6. The number of ether oxygens (including phenoxy) is 1. The van der Waals surface area contributed by atoms with Crippen LogP contribution in [-0.2, 0) is 24.4 Å². The van der Waals surface area contributed by atoms with Gasteiger partial charge in [0.2, 0.25) is 5.91 Å². The average molecular weight is 481 g/mol. The monoisotopic (exact) mass is 480 g/mol. The maximum Gasteiger partial charge on any atom is 0.278 e. The number of rotatable bonds is 7. The van der Waals surface area contributed by atoms with Gasteiger partial charge in [-0.2, -0.15) is 0 Å². The van der Waals surface area contributed by atoms with Crippen LogP contribution in [-0.4, -0.2) is 27.1 Å². The smallest absolute Gasteiger partial charge is 0.278 e. The molecule has 7 heteroatoms. The van der Waals surface area contributed by atoms with Crippen molar-refractivity contribution in [2.75, 3.05) is 7.11 Å². The van der Waals surface area contributed by atoms with E-state index in [0.29, 0.717) is 24.1 Å². The van der Waals surface area contributed by atoms with Gasteiger partial charge in [-0.1, -0.05) is 53.6 Å². The fourth-order valence-electron chi connectivity index (χ4n) is 4.42. The van der Waals surface area contributed by atoms with Crippen LogP contribution in [0.3, 0.4) is 0 Å². The fourth-order valence-corrected chi connectivity index (χ4v) is 4.42. The van der Waals surface area contributed by atoms with Crippen molar-refractivity contribution in [1.82, 2.24) is 19.4 Å². The van der Waals surface area contributed by atoms with Gasteiger partial charge in [-0.3, -0.25) is 14.2 Å². The lowest BCUT2D eigenvalue weighted by atomic mass is 10.1. The van der Waals surface area contributed by atoms with Gasteiger partial charge in [0.05, 0.1) is 25.5 Å². The first-order chi connectivity index (χ1) is 17.4. The van der Waals surface area contributed by atoms with Crippen molar-refractivity contribution in [3.05, 3.63) is 106 Å². The Balaban J connectivity index is 1.51. The molecule has 3 aromatic carbocycles. The second-order valence-corrected chi connectivity index (χ2v) is 9.09. The first-order valence-corrected chi connectivity index (χ1v) is 11.9. The van der Waals surface area contributed by atoms with Gasteiger partial charge in [0.25, 0.3) is 5.56 Å². The minimum atomic E-state index is -0.184. The molecule has 7 nitrogen and oxygen atoms in total. The Morgan fingerprint density at radius 1 is 0.944 bits per heavy atom. The van der Waals surface area contributed by atoms with E-state index in [-0.39, 0.29) is 18.0 Å². The molecule has 0 aliphatic carbocycles. The summed E-state index contributed by atoms with van der Waals surface area (Å²) in [5.74, 6) is 0.590. The number of hydrogen-bond acceptors (Lipinski definition) is 4. The van der Waals surface area contributed by atoms with Crippen LogP contribution in [0, 0.1) is 13.8 Å². The van der Waals surface area contributed by atoms with Crippen molar-refractivity contribution in [3.8, 4) is 5.75 Å². The number of hydrogen-bond donors (Lipinski definition) is 1. The second-order valence-electron chi connectivity index (χ2n) is 9.09. The Kier molecular flexibility index (Phi) is 6.29. The molecule has 182 valence electrons. The van der Waals surface area contributed by atoms with Crippen LogP contribution >= 0.6 is 0 Å². The van der Waals surface area contributed by atoms with Crippen LogP contribution in [0.25, 0.3) is 21.9 Å². The van der Waals surface area contributed by atoms with Crippen LogP contribution < -0.4 is 15.6 Å². The standard InChI is InChI=1S/C29H28N4O3/c1-19-4-7-21(8-5-19)15-30-26(34)17-33-25-13-6-20(2)14-24(25)27-28(33)29(35)32(18-31-27)16-22-9-11-23(36-3)12-10-22/h4-14,18H,15-17H2,1-3H3,(H,30,34). The largest absolute Gasteiger partial charge is 0.497 e. The van der Waals surface area contributed by atoms with E-state index in [1.165, 1.54) is 5.56 Å². The van der Waals surface area contributed by atoms with Crippen molar-refractivity contribution in [2.24, 2.45) is 0 Å². The number of nitrogens with one attached hydrogen (secondary N) is 1. The average Bonchev–Trinajstić information content (AvgIpc) is 3.18. The second kappa shape index (κ2) is 9.70. The molecule has 0 radical (unpaired) electrons. The molecule has 0 unspecified atom stereocenters. The highest BCUT2D eigenvalue weighted by Gasteiger charge is 2.18. The highest BCUT2D eigenvalue weighted by Crippen LogP contribution is 2.26. The van der Waals surface area contributed by atoms with Crippen LogP contribution in [0.15, 0.2) is 77.9 Å². The van der Waals surface area contributed by atoms with E-state index in [1.54, 1.807) is 22.6 Å². The minimum Gasteiger partial charge on any atom is -0.497 e. The maximum absolute atomic E-state index is 13.7. The van der Waals surface area contributed by atoms with Crippen molar-refractivity contribution < 1.29 is 9.53 Å². The molecule has 0 aliphatic rings. The lowest BCUT2D eigenvalue weighted by Gasteiger charge is -2.10. The molecule has 36 heavy (non-hydrogen) atoms. The Bertz CT molecular complexity index is 1610. The van der Waals surface area contributed by atoms with Gasteiger partial charge in [-0.15, -0.1) is 0 Å². The summed E-state index contributed by atoms with van der Waals surface area (Å²) < 4.78 is 8.59. The van der Waals surface area contributed by atoms with Gasteiger partial charge in [-0.25, -0.2) is 4.98 Å². The van der Waals surface area contributed by atoms with Crippen molar-refractivity contribution >= 4 is 27.8 Å². The van der Waals surface area contributed by atoms with Crippen LogP contribution in [0.4, 0.5) is 0 Å². The van der Waals surface area contributed by atoms with Gasteiger partial charge >= 0.3 is 0 Å². The molecule has 5 rings (SSSR count). The molecule has 0 atom stereocenters. The van der Waals surface area contributed by atoms with Crippen LogP contribution in [0.2, 0.25) is 0 Å². The molecule has 1 N–H and O–H groups in total. The van der Waals surface area contributed by atoms with Crippen molar-refractivity contribution in [3.63, 3.8) is 0 Å². The zero-order valence-corrected chi connectivity index (χ0v) is 20.6. The lowest BCUT2D eigenvalue weighted by Crippen LogP contribution is -2.29.